The molecule has 0 radical (unpaired) electrons. The lowest BCUT2D eigenvalue weighted by Crippen LogP contribution is -2.42. The molecule has 1 fully saturated rings. The Morgan fingerprint density at radius 3 is 2.73 bits per heavy atom. The van der Waals surface area contributed by atoms with Crippen LogP contribution < -0.4 is 14.4 Å². The van der Waals surface area contributed by atoms with Crippen molar-refractivity contribution < 1.29 is 19.1 Å². The third-order valence-corrected chi connectivity index (χ3v) is 6.19. The van der Waals surface area contributed by atoms with E-state index in [0.717, 1.165) is 34.9 Å². The monoisotopic (exact) mass is 451 g/mol. The summed E-state index contributed by atoms with van der Waals surface area (Å²) in [5.74, 6) is 1.37. The van der Waals surface area contributed by atoms with Crippen molar-refractivity contribution in [2.24, 2.45) is 0 Å². The Morgan fingerprint density at radius 1 is 1.21 bits per heavy atom. The van der Waals surface area contributed by atoms with E-state index in [1.807, 2.05) is 50.2 Å². The number of pyridine rings is 1. The Balaban J connectivity index is 1.91. The maximum absolute atomic E-state index is 12.1. The maximum atomic E-state index is 12.1. The minimum atomic E-state index is -0.342. The molecule has 2 aromatic carbocycles. The van der Waals surface area contributed by atoms with E-state index in [2.05, 4.69) is 9.88 Å². The van der Waals surface area contributed by atoms with Gasteiger partial charge in [0.2, 0.25) is 0 Å². The number of rotatable bonds is 7. The van der Waals surface area contributed by atoms with Gasteiger partial charge in [-0.1, -0.05) is 11.6 Å². The van der Waals surface area contributed by atoms with E-state index >= 15 is 0 Å². The highest BCUT2D eigenvalue weighted by Crippen LogP contribution is 2.40. The predicted octanol–water partition coefficient (Wildman–Crippen LogP) is 5.04. The number of nitrogens with zero attached hydrogens (tertiary/aromatic N) is 3. The largest absolute Gasteiger partial charge is 0.497 e. The van der Waals surface area contributed by atoms with Gasteiger partial charge >= 0.3 is 5.69 Å². The van der Waals surface area contributed by atoms with E-state index in [1.165, 1.54) is 6.20 Å². The fourth-order valence-corrected chi connectivity index (χ4v) is 4.53. The Labute approximate surface area is 193 Å². The maximum Gasteiger partial charge on any atom is 0.311 e. The van der Waals surface area contributed by atoms with Gasteiger partial charge in [0.1, 0.15) is 23.4 Å². The summed E-state index contributed by atoms with van der Waals surface area (Å²) in [6.45, 7) is 5.08. The molecule has 2 atom stereocenters. The molecule has 8 nitrogen and oxygen atoms in total. The highest BCUT2D eigenvalue weighted by Gasteiger charge is 2.32. The molecule has 0 amide bonds. The lowest BCUT2D eigenvalue weighted by Gasteiger charge is -2.38. The van der Waals surface area contributed by atoms with E-state index in [9.17, 15) is 10.1 Å². The number of fused-ring (bicyclic) bond motifs is 1. The molecule has 174 valence electrons. The Bertz CT molecular complexity index is 1170. The van der Waals surface area contributed by atoms with Crippen LogP contribution in [0.15, 0.2) is 42.6 Å². The minimum Gasteiger partial charge on any atom is -0.497 e. The van der Waals surface area contributed by atoms with Crippen LogP contribution in [-0.2, 0) is 11.3 Å². The summed E-state index contributed by atoms with van der Waals surface area (Å²) in [5.41, 5.74) is 3.26. The summed E-state index contributed by atoms with van der Waals surface area (Å²) >= 11 is 0. The van der Waals surface area contributed by atoms with E-state index in [1.54, 1.807) is 14.2 Å². The van der Waals surface area contributed by atoms with Gasteiger partial charge in [-0.2, -0.15) is 0 Å². The summed E-state index contributed by atoms with van der Waals surface area (Å²) in [7, 11) is 3.23. The van der Waals surface area contributed by atoms with Crippen LogP contribution in [0.4, 0.5) is 11.4 Å². The molecule has 1 saturated heterocycles. The Kier molecular flexibility index (Phi) is 6.65. The Hall–Kier alpha value is -3.39. The first-order valence-electron chi connectivity index (χ1n) is 11.0. The fraction of sp³-hybridized carbons (Fsp3) is 0.400. The van der Waals surface area contributed by atoms with Gasteiger partial charge < -0.3 is 19.1 Å². The SMILES string of the molecule is COc1ccc(CN(c2c([N+](=O)[O-])cnc3ccc(C)cc23)[C@@H]2CCO[C@H](C)C2)c(OC)c1. The van der Waals surface area contributed by atoms with Crippen LogP contribution in [0.1, 0.15) is 30.9 Å². The van der Waals surface area contributed by atoms with Crippen LogP contribution >= 0.6 is 0 Å². The average Bonchev–Trinajstić information content (AvgIpc) is 2.81. The minimum absolute atomic E-state index is 0.000256. The van der Waals surface area contributed by atoms with Crippen LogP contribution in [0.5, 0.6) is 11.5 Å². The van der Waals surface area contributed by atoms with E-state index < -0.39 is 0 Å². The third kappa shape index (κ3) is 4.71. The predicted molar refractivity (Wildman–Crippen MR) is 127 cm³/mol. The summed E-state index contributed by atoms with van der Waals surface area (Å²) in [6, 6.07) is 11.6. The molecule has 0 saturated carbocycles. The molecule has 0 unspecified atom stereocenters. The first kappa shape index (κ1) is 22.8. The summed E-state index contributed by atoms with van der Waals surface area (Å²) in [5, 5.41) is 12.9. The van der Waals surface area contributed by atoms with Crippen LogP contribution in [0.3, 0.4) is 0 Å². The topological polar surface area (TPSA) is 87.0 Å². The highest BCUT2D eigenvalue weighted by molar-refractivity contribution is 5.96. The molecule has 1 aliphatic rings. The number of benzene rings is 2. The molecule has 3 aromatic rings. The number of anilines is 1. The molecule has 0 aliphatic carbocycles. The number of nitro groups is 1. The van der Waals surface area contributed by atoms with Gasteiger partial charge in [0, 0.05) is 36.2 Å². The fourth-order valence-electron chi connectivity index (χ4n) is 4.53. The second-order valence-corrected chi connectivity index (χ2v) is 8.44. The Morgan fingerprint density at radius 2 is 2.03 bits per heavy atom. The van der Waals surface area contributed by atoms with Crippen molar-refractivity contribution in [2.75, 3.05) is 25.7 Å². The highest BCUT2D eigenvalue weighted by atomic mass is 16.6. The van der Waals surface area contributed by atoms with Crippen LogP contribution in [0, 0.1) is 17.0 Å². The van der Waals surface area contributed by atoms with Gasteiger partial charge in [-0.25, -0.2) is 4.98 Å². The van der Waals surface area contributed by atoms with Crippen LogP contribution in [-0.4, -0.2) is 42.9 Å². The quantitative estimate of drug-likeness (QED) is 0.367. The lowest BCUT2D eigenvalue weighted by atomic mass is 9.98. The summed E-state index contributed by atoms with van der Waals surface area (Å²) in [6.07, 6.45) is 2.98. The van der Waals surface area contributed by atoms with Crippen molar-refractivity contribution >= 4 is 22.3 Å². The van der Waals surface area contributed by atoms with Gasteiger partial charge in [0.15, 0.2) is 0 Å². The molecule has 33 heavy (non-hydrogen) atoms. The average molecular weight is 452 g/mol. The third-order valence-electron chi connectivity index (χ3n) is 6.19. The van der Waals surface area contributed by atoms with Crippen molar-refractivity contribution in [3.63, 3.8) is 0 Å². The first-order valence-corrected chi connectivity index (χ1v) is 11.0. The molecular weight excluding hydrogens is 422 g/mol. The van der Waals surface area contributed by atoms with Crippen molar-refractivity contribution in [1.29, 1.82) is 0 Å². The van der Waals surface area contributed by atoms with Gasteiger partial charge in [-0.3, -0.25) is 10.1 Å². The summed E-state index contributed by atoms with van der Waals surface area (Å²) in [4.78, 5) is 18.3. The number of ether oxygens (including phenoxy) is 3. The van der Waals surface area contributed by atoms with Crippen LogP contribution in [0.25, 0.3) is 10.9 Å². The van der Waals surface area contributed by atoms with Crippen molar-refractivity contribution in [2.45, 2.75) is 45.4 Å². The van der Waals surface area contributed by atoms with Gasteiger partial charge in [-0.15, -0.1) is 0 Å². The van der Waals surface area contributed by atoms with Gasteiger partial charge in [0.25, 0.3) is 0 Å². The van der Waals surface area contributed by atoms with Crippen molar-refractivity contribution in [3.05, 3.63) is 63.8 Å². The first-order chi connectivity index (χ1) is 15.9. The zero-order valence-electron chi connectivity index (χ0n) is 19.4. The standard InChI is InChI=1S/C25H29N3O5/c1-16-5-8-22-21(11-16)25(23(14-26-22)28(29)30)27(19-9-10-33-17(2)12-19)15-18-6-7-20(31-3)13-24(18)32-4/h5-8,11,13-14,17,19H,9-10,12,15H2,1-4H3/t17-,19-/m1/s1. The molecule has 1 aliphatic heterocycles. The van der Waals surface area contributed by atoms with Crippen molar-refractivity contribution in [3.8, 4) is 11.5 Å². The van der Waals surface area contributed by atoms with Crippen molar-refractivity contribution in [1.82, 2.24) is 4.98 Å². The molecule has 4 rings (SSSR count). The number of methoxy groups -OCH3 is 2. The lowest BCUT2D eigenvalue weighted by molar-refractivity contribution is -0.384. The molecule has 8 heteroatoms. The zero-order chi connectivity index (χ0) is 23.5. The number of aromatic nitrogens is 1. The summed E-state index contributed by atoms with van der Waals surface area (Å²) < 4.78 is 16.8. The number of hydrogen-bond donors (Lipinski definition) is 0. The zero-order valence-corrected chi connectivity index (χ0v) is 19.4. The smallest absolute Gasteiger partial charge is 0.311 e. The van der Waals surface area contributed by atoms with E-state index in [4.69, 9.17) is 14.2 Å². The van der Waals surface area contributed by atoms with Crippen LogP contribution in [0.2, 0.25) is 0 Å². The second-order valence-electron chi connectivity index (χ2n) is 8.44. The molecule has 0 N–H and O–H groups in total. The number of hydrogen-bond acceptors (Lipinski definition) is 7. The second kappa shape index (κ2) is 9.62. The van der Waals surface area contributed by atoms with Gasteiger partial charge in [0.05, 0.1) is 30.8 Å². The van der Waals surface area contributed by atoms with Gasteiger partial charge in [-0.05, 0) is 51.0 Å². The molecule has 0 bridgehead atoms. The molecule has 0 spiro atoms. The van der Waals surface area contributed by atoms with E-state index in [-0.39, 0.29) is 22.8 Å². The van der Waals surface area contributed by atoms with E-state index in [0.29, 0.717) is 30.3 Å². The molecule has 2 heterocycles. The molecule has 1 aromatic heterocycles. The molecular formula is C25H29N3O5. The normalized spacial score (nSPS) is 18.2. The number of aryl methyl sites for hydroxylation is 1.